The summed E-state index contributed by atoms with van der Waals surface area (Å²) >= 11 is 0. The molecule has 0 unspecified atom stereocenters. The minimum atomic E-state index is -0.166. The molecule has 1 aromatic heterocycles. The van der Waals surface area contributed by atoms with Gasteiger partial charge in [-0.15, -0.1) is 0 Å². The van der Waals surface area contributed by atoms with Crippen molar-refractivity contribution in [2.45, 2.75) is 32.7 Å². The van der Waals surface area contributed by atoms with Gasteiger partial charge in [-0.1, -0.05) is 12.1 Å². The van der Waals surface area contributed by atoms with Gasteiger partial charge in [0.1, 0.15) is 12.2 Å². The molecule has 2 aromatic rings. The molecule has 0 bridgehead atoms. The van der Waals surface area contributed by atoms with E-state index >= 15 is 0 Å². The molecule has 0 spiro atoms. The van der Waals surface area contributed by atoms with Crippen LogP contribution in [0.5, 0.6) is 0 Å². The van der Waals surface area contributed by atoms with Crippen LogP contribution in [0.15, 0.2) is 30.6 Å². The zero-order chi connectivity index (χ0) is 12.5. The second-order valence-electron chi connectivity index (χ2n) is 4.65. The maximum absolute atomic E-state index is 5.71. The molecule has 0 fully saturated rings. The van der Waals surface area contributed by atoms with Gasteiger partial charge in [0, 0.05) is 17.6 Å². The number of aryl methyl sites for hydroxylation is 1. The van der Waals surface area contributed by atoms with Crippen LogP contribution in [-0.2, 0) is 12.0 Å². The molecule has 4 nitrogen and oxygen atoms in total. The summed E-state index contributed by atoms with van der Waals surface area (Å²) in [5.41, 5.74) is 7.51. The Bertz CT molecular complexity index is 496. The lowest BCUT2D eigenvalue weighted by molar-refractivity contribution is 0.512. The number of nitrogens with zero attached hydrogens (tertiary/aromatic N) is 3. The van der Waals surface area contributed by atoms with Gasteiger partial charge in [0.2, 0.25) is 0 Å². The quantitative estimate of drug-likeness (QED) is 0.822. The van der Waals surface area contributed by atoms with Crippen molar-refractivity contribution in [3.05, 3.63) is 42.0 Å². The molecular formula is C13H18N4. The van der Waals surface area contributed by atoms with Gasteiger partial charge in [0.15, 0.2) is 0 Å². The minimum absolute atomic E-state index is 0.166. The maximum atomic E-state index is 5.71. The fraction of sp³-hybridized carbons (Fsp3) is 0.385. The average Bonchev–Trinajstić information content (AvgIpc) is 2.78. The summed E-state index contributed by atoms with van der Waals surface area (Å²) in [5, 5.41) is 4.22. The highest BCUT2D eigenvalue weighted by Gasteiger charge is 2.28. The number of nitrogens with two attached hydrogens (primary N) is 1. The zero-order valence-electron chi connectivity index (χ0n) is 10.5. The van der Waals surface area contributed by atoms with Crippen LogP contribution in [0.4, 0.5) is 5.69 Å². The first kappa shape index (κ1) is 11.6. The number of hydrogen-bond acceptors (Lipinski definition) is 3. The van der Waals surface area contributed by atoms with Gasteiger partial charge in [-0.2, -0.15) is 5.10 Å². The highest BCUT2D eigenvalue weighted by atomic mass is 15.3. The van der Waals surface area contributed by atoms with Gasteiger partial charge >= 0.3 is 0 Å². The van der Waals surface area contributed by atoms with E-state index in [4.69, 9.17) is 5.73 Å². The lowest BCUT2D eigenvalue weighted by Gasteiger charge is -2.24. The monoisotopic (exact) mass is 230 g/mol. The van der Waals surface area contributed by atoms with Crippen molar-refractivity contribution in [3.8, 4) is 0 Å². The number of benzene rings is 1. The SMILES string of the molecule is CCn1ncnc1C(C)(C)c1ccc(N)cc1. The average molecular weight is 230 g/mol. The third kappa shape index (κ3) is 2.02. The third-order valence-electron chi connectivity index (χ3n) is 3.11. The lowest BCUT2D eigenvalue weighted by atomic mass is 9.83. The summed E-state index contributed by atoms with van der Waals surface area (Å²) in [7, 11) is 0. The van der Waals surface area contributed by atoms with E-state index in [-0.39, 0.29) is 5.41 Å². The third-order valence-corrected chi connectivity index (χ3v) is 3.11. The number of aromatic nitrogens is 3. The number of anilines is 1. The van der Waals surface area contributed by atoms with E-state index in [0.29, 0.717) is 0 Å². The predicted octanol–water partition coefficient (Wildman–Crippen LogP) is 2.21. The van der Waals surface area contributed by atoms with Crippen molar-refractivity contribution in [1.29, 1.82) is 0 Å². The summed E-state index contributed by atoms with van der Waals surface area (Å²) in [6, 6.07) is 7.93. The molecule has 17 heavy (non-hydrogen) atoms. The Hall–Kier alpha value is -1.84. The van der Waals surface area contributed by atoms with E-state index in [1.54, 1.807) is 6.33 Å². The Morgan fingerprint density at radius 3 is 2.47 bits per heavy atom. The van der Waals surface area contributed by atoms with E-state index in [1.807, 2.05) is 28.9 Å². The molecule has 0 amide bonds. The van der Waals surface area contributed by atoms with Gasteiger partial charge in [-0.05, 0) is 38.5 Å². The first-order chi connectivity index (χ1) is 8.05. The fourth-order valence-electron chi connectivity index (χ4n) is 2.01. The van der Waals surface area contributed by atoms with Crippen LogP contribution in [0.1, 0.15) is 32.2 Å². The summed E-state index contributed by atoms with van der Waals surface area (Å²) in [4.78, 5) is 4.38. The molecular weight excluding hydrogens is 212 g/mol. The summed E-state index contributed by atoms with van der Waals surface area (Å²) in [6.07, 6.45) is 1.61. The molecule has 1 heterocycles. The maximum Gasteiger partial charge on any atom is 0.138 e. The Kier molecular flexibility index (Phi) is 2.88. The van der Waals surface area contributed by atoms with Crippen molar-refractivity contribution < 1.29 is 0 Å². The molecule has 0 atom stereocenters. The van der Waals surface area contributed by atoms with Gasteiger partial charge in [-0.25, -0.2) is 9.67 Å². The van der Waals surface area contributed by atoms with Gasteiger partial charge in [0.25, 0.3) is 0 Å². The minimum Gasteiger partial charge on any atom is -0.399 e. The Labute approximate surface area is 101 Å². The zero-order valence-corrected chi connectivity index (χ0v) is 10.5. The summed E-state index contributed by atoms with van der Waals surface area (Å²) in [6.45, 7) is 7.19. The van der Waals surface area contributed by atoms with Crippen molar-refractivity contribution >= 4 is 5.69 Å². The molecule has 4 heteroatoms. The molecule has 2 N–H and O–H groups in total. The van der Waals surface area contributed by atoms with Crippen LogP contribution in [0.25, 0.3) is 0 Å². The molecule has 0 aliphatic carbocycles. The molecule has 2 rings (SSSR count). The van der Waals surface area contributed by atoms with Crippen LogP contribution in [0, 0.1) is 0 Å². The van der Waals surface area contributed by atoms with Gasteiger partial charge in [0.05, 0.1) is 0 Å². The lowest BCUT2D eigenvalue weighted by Crippen LogP contribution is -2.24. The smallest absolute Gasteiger partial charge is 0.138 e. The van der Waals surface area contributed by atoms with Crippen LogP contribution >= 0.6 is 0 Å². The number of hydrogen-bond donors (Lipinski definition) is 1. The molecule has 0 saturated heterocycles. The second-order valence-corrected chi connectivity index (χ2v) is 4.65. The van der Waals surface area contributed by atoms with Crippen LogP contribution in [-0.4, -0.2) is 14.8 Å². The van der Waals surface area contributed by atoms with Crippen LogP contribution < -0.4 is 5.73 Å². The first-order valence-electron chi connectivity index (χ1n) is 5.80. The van der Waals surface area contributed by atoms with Gasteiger partial charge < -0.3 is 5.73 Å². The molecule has 1 aromatic carbocycles. The molecule has 0 saturated carbocycles. The van der Waals surface area contributed by atoms with Crippen molar-refractivity contribution in [3.63, 3.8) is 0 Å². The van der Waals surface area contributed by atoms with Crippen molar-refractivity contribution in [2.75, 3.05) is 5.73 Å². The van der Waals surface area contributed by atoms with E-state index in [9.17, 15) is 0 Å². The van der Waals surface area contributed by atoms with E-state index in [0.717, 1.165) is 18.1 Å². The largest absolute Gasteiger partial charge is 0.399 e. The first-order valence-corrected chi connectivity index (χ1v) is 5.80. The second kappa shape index (κ2) is 4.20. The fourth-order valence-corrected chi connectivity index (χ4v) is 2.01. The Morgan fingerprint density at radius 1 is 1.24 bits per heavy atom. The molecule has 0 aliphatic heterocycles. The van der Waals surface area contributed by atoms with Crippen LogP contribution in [0.2, 0.25) is 0 Å². The standard InChI is InChI=1S/C13H18N4/c1-4-17-12(15-9-16-17)13(2,3)10-5-7-11(14)8-6-10/h5-9H,4,14H2,1-3H3. The van der Waals surface area contributed by atoms with E-state index in [2.05, 4.69) is 30.9 Å². The van der Waals surface area contributed by atoms with Crippen molar-refractivity contribution in [1.82, 2.24) is 14.8 Å². The normalized spacial score (nSPS) is 11.7. The summed E-state index contributed by atoms with van der Waals surface area (Å²) in [5.74, 6) is 0.977. The Balaban J connectivity index is 2.45. The molecule has 90 valence electrons. The van der Waals surface area contributed by atoms with E-state index in [1.165, 1.54) is 5.56 Å². The topological polar surface area (TPSA) is 56.7 Å². The van der Waals surface area contributed by atoms with Gasteiger partial charge in [-0.3, -0.25) is 0 Å². The van der Waals surface area contributed by atoms with E-state index < -0.39 is 0 Å². The predicted molar refractivity (Wildman–Crippen MR) is 68.7 cm³/mol. The molecule has 0 radical (unpaired) electrons. The highest BCUT2D eigenvalue weighted by Crippen LogP contribution is 2.30. The molecule has 0 aliphatic rings. The number of nitrogen functional groups attached to an aromatic ring is 1. The number of rotatable bonds is 3. The highest BCUT2D eigenvalue weighted by molar-refractivity contribution is 5.43. The van der Waals surface area contributed by atoms with Crippen LogP contribution in [0.3, 0.4) is 0 Å². The van der Waals surface area contributed by atoms with Crippen molar-refractivity contribution in [2.24, 2.45) is 0 Å². The Morgan fingerprint density at radius 2 is 1.88 bits per heavy atom. The summed E-state index contributed by atoms with van der Waals surface area (Å²) < 4.78 is 1.93.